The lowest BCUT2D eigenvalue weighted by molar-refractivity contribution is -0.111. The van der Waals surface area contributed by atoms with Gasteiger partial charge in [-0.1, -0.05) is 30.3 Å². The van der Waals surface area contributed by atoms with E-state index in [9.17, 15) is 9.59 Å². The largest absolute Gasteiger partial charge is 0.302 e. The molecule has 90 valence electrons. The fraction of sp³-hybridized carbons (Fsp3) is 0.385. The van der Waals surface area contributed by atoms with Crippen molar-refractivity contribution in [3.8, 4) is 0 Å². The number of hydrogen-bond acceptors (Lipinski definition) is 4. The molecule has 2 atom stereocenters. The van der Waals surface area contributed by atoms with Crippen molar-refractivity contribution in [2.24, 2.45) is 0 Å². The molecule has 1 fully saturated rings. The van der Waals surface area contributed by atoms with E-state index in [1.807, 2.05) is 25.1 Å². The Hall–Kier alpha value is -1.52. The summed E-state index contributed by atoms with van der Waals surface area (Å²) >= 11 is 0. The molecule has 0 aromatic heterocycles. The highest BCUT2D eigenvalue weighted by Gasteiger charge is 2.30. The van der Waals surface area contributed by atoms with Gasteiger partial charge in [0, 0.05) is 11.6 Å². The molecule has 1 saturated heterocycles. The fourth-order valence-corrected chi connectivity index (χ4v) is 2.08. The van der Waals surface area contributed by atoms with Crippen molar-refractivity contribution >= 4 is 12.1 Å². The molecule has 0 amide bonds. The number of aldehydes is 1. The summed E-state index contributed by atoms with van der Waals surface area (Å²) in [4.78, 5) is 22.9. The number of rotatable bonds is 4. The first-order chi connectivity index (χ1) is 8.20. The van der Waals surface area contributed by atoms with Gasteiger partial charge in [-0.15, -0.1) is 0 Å². The molecule has 0 spiro atoms. The SMILES string of the molecule is CC1CC(C=O)N(CC(=O)c2ccccc2)N1. The molecule has 0 bridgehead atoms. The fourth-order valence-electron chi connectivity index (χ4n) is 2.08. The van der Waals surface area contributed by atoms with Crippen LogP contribution in [0.4, 0.5) is 0 Å². The number of nitrogens with zero attached hydrogens (tertiary/aromatic N) is 1. The lowest BCUT2D eigenvalue weighted by atomic mass is 10.1. The third-order valence-electron chi connectivity index (χ3n) is 2.95. The molecule has 0 radical (unpaired) electrons. The van der Waals surface area contributed by atoms with E-state index in [1.54, 1.807) is 17.1 Å². The Bertz CT molecular complexity index is 405. The molecule has 1 aliphatic rings. The molecular formula is C13H16N2O2. The van der Waals surface area contributed by atoms with Gasteiger partial charge in [0.15, 0.2) is 5.78 Å². The topological polar surface area (TPSA) is 49.4 Å². The minimum atomic E-state index is -0.197. The monoisotopic (exact) mass is 232 g/mol. The van der Waals surface area contributed by atoms with Crippen molar-refractivity contribution in [3.05, 3.63) is 35.9 Å². The number of nitrogens with one attached hydrogen (secondary N) is 1. The van der Waals surface area contributed by atoms with Gasteiger partial charge >= 0.3 is 0 Å². The van der Waals surface area contributed by atoms with Gasteiger partial charge < -0.3 is 4.79 Å². The van der Waals surface area contributed by atoms with Gasteiger partial charge in [-0.3, -0.25) is 10.2 Å². The summed E-state index contributed by atoms with van der Waals surface area (Å²) < 4.78 is 0. The van der Waals surface area contributed by atoms with Gasteiger partial charge in [0.2, 0.25) is 0 Å². The van der Waals surface area contributed by atoms with E-state index >= 15 is 0 Å². The van der Waals surface area contributed by atoms with Crippen LogP contribution in [0.15, 0.2) is 30.3 Å². The Kier molecular flexibility index (Phi) is 3.66. The van der Waals surface area contributed by atoms with E-state index < -0.39 is 0 Å². The molecule has 0 aliphatic carbocycles. The van der Waals surface area contributed by atoms with E-state index in [4.69, 9.17) is 0 Å². The summed E-state index contributed by atoms with van der Waals surface area (Å²) in [5, 5.41) is 1.73. The van der Waals surface area contributed by atoms with Crippen LogP contribution in [-0.2, 0) is 4.79 Å². The number of carbonyl (C=O) groups excluding carboxylic acids is 2. The van der Waals surface area contributed by atoms with E-state index in [1.165, 1.54) is 0 Å². The lowest BCUT2D eigenvalue weighted by Crippen LogP contribution is -2.43. The van der Waals surface area contributed by atoms with Crippen LogP contribution in [0, 0.1) is 0 Å². The van der Waals surface area contributed by atoms with Crippen LogP contribution >= 0.6 is 0 Å². The predicted molar refractivity (Wildman–Crippen MR) is 64.5 cm³/mol. The molecule has 2 rings (SSSR count). The van der Waals surface area contributed by atoms with E-state index in [-0.39, 0.29) is 24.4 Å². The van der Waals surface area contributed by atoms with E-state index in [2.05, 4.69) is 5.43 Å². The van der Waals surface area contributed by atoms with Gasteiger partial charge in [0.25, 0.3) is 0 Å². The number of ketones is 1. The summed E-state index contributed by atoms with van der Waals surface area (Å²) in [6.07, 6.45) is 1.65. The zero-order valence-electron chi connectivity index (χ0n) is 9.80. The highest BCUT2D eigenvalue weighted by atomic mass is 16.1. The standard InChI is InChI=1S/C13H16N2O2/c1-10-7-12(9-16)15(14-10)8-13(17)11-5-3-2-4-6-11/h2-6,9-10,12,14H,7-8H2,1H3. The molecule has 0 saturated carbocycles. The first kappa shape index (κ1) is 12.0. The minimum absolute atomic E-state index is 0.0269. The second kappa shape index (κ2) is 5.21. The van der Waals surface area contributed by atoms with Crippen molar-refractivity contribution in [1.29, 1.82) is 0 Å². The number of hydrazine groups is 1. The Morgan fingerprint density at radius 2 is 2.18 bits per heavy atom. The predicted octanol–water partition coefficient (Wildman–Crippen LogP) is 1.04. The summed E-state index contributed by atoms with van der Waals surface area (Å²) in [5.74, 6) is 0.0269. The second-order valence-electron chi connectivity index (χ2n) is 4.39. The number of benzene rings is 1. The normalized spacial score (nSPS) is 24.8. The smallest absolute Gasteiger partial charge is 0.178 e. The van der Waals surface area contributed by atoms with Crippen LogP contribution < -0.4 is 5.43 Å². The van der Waals surface area contributed by atoms with Crippen LogP contribution in [-0.4, -0.2) is 35.7 Å². The van der Waals surface area contributed by atoms with Crippen LogP contribution in [0.2, 0.25) is 0 Å². The number of Topliss-reactive ketones (excluding diaryl/α,β-unsaturated/α-hetero) is 1. The highest BCUT2D eigenvalue weighted by molar-refractivity contribution is 5.97. The molecule has 1 aromatic carbocycles. The van der Waals surface area contributed by atoms with Crippen molar-refractivity contribution in [2.45, 2.75) is 25.4 Å². The third-order valence-corrected chi connectivity index (χ3v) is 2.95. The molecule has 4 nitrogen and oxygen atoms in total. The average molecular weight is 232 g/mol. The molecule has 1 aromatic rings. The van der Waals surface area contributed by atoms with Crippen molar-refractivity contribution < 1.29 is 9.59 Å². The summed E-state index contributed by atoms with van der Waals surface area (Å²) in [6.45, 7) is 2.24. The maximum absolute atomic E-state index is 12.0. The van der Waals surface area contributed by atoms with Gasteiger partial charge in [0.05, 0.1) is 12.6 Å². The lowest BCUT2D eigenvalue weighted by Gasteiger charge is -2.19. The Morgan fingerprint density at radius 3 is 2.82 bits per heavy atom. The van der Waals surface area contributed by atoms with Crippen LogP contribution in [0.3, 0.4) is 0 Å². The number of hydrogen-bond donors (Lipinski definition) is 1. The van der Waals surface area contributed by atoms with Gasteiger partial charge in [-0.2, -0.15) is 0 Å². The molecule has 1 aliphatic heterocycles. The first-order valence-electron chi connectivity index (χ1n) is 5.77. The van der Waals surface area contributed by atoms with Crippen molar-refractivity contribution in [3.63, 3.8) is 0 Å². The molecule has 2 unspecified atom stereocenters. The summed E-state index contributed by atoms with van der Waals surface area (Å²) in [5.41, 5.74) is 3.82. The van der Waals surface area contributed by atoms with Crippen molar-refractivity contribution in [1.82, 2.24) is 10.4 Å². The molecule has 1 heterocycles. The zero-order chi connectivity index (χ0) is 12.3. The van der Waals surface area contributed by atoms with Crippen LogP contribution in [0.5, 0.6) is 0 Å². The number of carbonyl (C=O) groups is 2. The molecular weight excluding hydrogens is 216 g/mol. The Balaban J connectivity index is 2.02. The maximum Gasteiger partial charge on any atom is 0.178 e. The maximum atomic E-state index is 12.0. The zero-order valence-corrected chi connectivity index (χ0v) is 9.80. The Labute approximate surface area is 101 Å². The average Bonchev–Trinajstić information content (AvgIpc) is 2.70. The Morgan fingerprint density at radius 1 is 1.47 bits per heavy atom. The van der Waals surface area contributed by atoms with Gasteiger partial charge in [0.1, 0.15) is 6.29 Å². The molecule has 1 N–H and O–H groups in total. The van der Waals surface area contributed by atoms with E-state index in [0.29, 0.717) is 5.56 Å². The summed E-state index contributed by atoms with van der Waals surface area (Å²) in [7, 11) is 0. The second-order valence-corrected chi connectivity index (χ2v) is 4.39. The van der Waals surface area contributed by atoms with Gasteiger partial charge in [-0.05, 0) is 13.3 Å². The molecule has 4 heteroatoms. The third kappa shape index (κ3) is 2.78. The van der Waals surface area contributed by atoms with Crippen molar-refractivity contribution in [2.75, 3.05) is 6.54 Å². The van der Waals surface area contributed by atoms with Crippen LogP contribution in [0.25, 0.3) is 0 Å². The first-order valence-corrected chi connectivity index (χ1v) is 5.77. The quantitative estimate of drug-likeness (QED) is 0.622. The highest BCUT2D eigenvalue weighted by Crippen LogP contribution is 2.13. The molecule has 17 heavy (non-hydrogen) atoms. The van der Waals surface area contributed by atoms with Crippen LogP contribution in [0.1, 0.15) is 23.7 Å². The minimum Gasteiger partial charge on any atom is -0.302 e. The van der Waals surface area contributed by atoms with E-state index in [0.717, 1.165) is 12.7 Å². The summed E-state index contributed by atoms with van der Waals surface area (Å²) in [6, 6.07) is 9.18. The van der Waals surface area contributed by atoms with Gasteiger partial charge in [-0.25, -0.2) is 5.01 Å².